The largest absolute Gasteiger partial charge is 0.378 e. The van der Waals surface area contributed by atoms with E-state index in [0.29, 0.717) is 43.2 Å². The van der Waals surface area contributed by atoms with E-state index in [0.717, 1.165) is 30.3 Å². The molecule has 3 aromatic carbocycles. The molecule has 8 nitrogen and oxygen atoms in total. The number of ether oxygens (including phenoxy) is 1. The van der Waals surface area contributed by atoms with Crippen LogP contribution in [0.15, 0.2) is 65.7 Å². The zero-order valence-electron chi connectivity index (χ0n) is 19.1. The van der Waals surface area contributed by atoms with Crippen LogP contribution in [0, 0.1) is 17.5 Å². The highest BCUT2D eigenvalue weighted by molar-refractivity contribution is 7.92. The number of aromatic nitrogens is 2. The van der Waals surface area contributed by atoms with E-state index < -0.39 is 49.4 Å². The minimum Gasteiger partial charge on any atom is -0.378 e. The highest BCUT2D eigenvalue weighted by Gasteiger charge is 2.25. The Kier molecular flexibility index (Phi) is 6.52. The lowest BCUT2D eigenvalue weighted by molar-refractivity contribution is 0.103. The summed E-state index contributed by atoms with van der Waals surface area (Å²) in [5.74, 6) is -3.83. The van der Waals surface area contributed by atoms with Crippen LogP contribution < -0.4 is 9.62 Å². The first kappa shape index (κ1) is 24.7. The number of rotatable bonds is 6. The third kappa shape index (κ3) is 4.98. The maximum Gasteiger partial charge on any atom is 0.262 e. The zero-order chi connectivity index (χ0) is 26.2. The number of benzene rings is 3. The molecule has 0 bridgehead atoms. The van der Waals surface area contributed by atoms with Gasteiger partial charge in [-0.05, 0) is 48.5 Å². The summed E-state index contributed by atoms with van der Waals surface area (Å²) in [6.07, 6.45) is 1.60. The van der Waals surface area contributed by atoms with E-state index in [-0.39, 0.29) is 5.56 Å². The Labute approximate surface area is 209 Å². The number of hydrogen-bond acceptors (Lipinski definition) is 7. The molecule has 2 heterocycles. The smallest absolute Gasteiger partial charge is 0.262 e. The number of nitrogens with zero attached hydrogens (tertiary/aromatic N) is 3. The highest BCUT2D eigenvalue weighted by atomic mass is 32.2. The molecule has 1 fully saturated rings. The molecule has 0 unspecified atom stereocenters. The highest BCUT2D eigenvalue weighted by Crippen LogP contribution is 2.27. The van der Waals surface area contributed by atoms with Crippen molar-refractivity contribution in [2.45, 2.75) is 4.90 Å². The fourth-order valence-electron chi connectivity index (χ4n) is 3.91. The summed E-state index contributed by atoms with van der Waals surface area (Å²) in [6.45, 7) is 2.31. The molecular formula is C25H19F3N4O4S. The summed E-state index contributed by atoms with van der Waals surface area (Å²) in [7, 11) is -4.42. The second-order valence-electron chi connectivity index (χ2n) is 8.21. The molecule has 1 N–H and O–H groups in total. The van der Waals surface area contributed by atoms with E-state index in [1.165, 1.54) is 24.3 Å². The predicted molar refractivity (Wildman–Crippen MR) is 130 cm³/mol. The first-order valence-electron chi connectivity index (χ1n) is 11.1. The average molecular weight is 529 g/mol. The van der Waals surface area contributed by atoms with Crippen LogP contribution in [-0.2, 0) is 14.8 Å². The molecule has 0 aliphatic carbocycles. The number of anilines is 2. The van der Waals surface area contributed by atoms with E-state index in [2.05, 4.69) is 9.97 Å². The fourth-order valence-corrected chi connectivity index (χ4v) is 5.00. The topological polar surface area (TPSA) is 101 Å². The SMILES string of the molecule is O=C(c1ccc2ncc(N3CCOCC3)nc2c1)c1c(F)ccc(NS(=O)(=O)c2cccc(F)c2)c1F. The molecule has 0 amide bonds. The molecule has 37 heavy (non-hydrogen) atoms. The number of sulfonamides is 1. The number of morpholine rings is 1. The minimum absolute atomic E-state index is 0.0659. The molecule has 4 aromatic rings. The van der Waals surface area contributed by atoms with Gasteiger partial charge >= 0.3 is 0 Å². The second kappa shape index (κ2) is 9.79. The number of halogens is 3. The van der Waals surface area contributed by atoms with Gasteiger partial charge in [0.25, 0.3) is 10.0 Å². The van der Waals surface area contributed by atoms with Crippen LogP contribution in [-0.4, -0.2) is 50.5 Å². The van der Waals surface area contributed by atoms with E-state index in [1.54, 1.807) is 6.20 Å². The predicted octanol–water partition coefficient (Wildman–Crippen LogP) is 3.92. The Morgan fingerprint density at radius 3 is 2.51 bits per heavy atom. The van der Waals surface area contributed by atoms with E-state index in [9.17, 15) is 22.0 Å². The van der Waals surface area contributed by atoms with Gasteiger partial charge in [-0.1, -0.05) is 6.07 Å². The third-order valence-corrected chi connectivity index (χ3v) is 7.16. The summed E-state index contributed by atoms with van der Waals surface area (Å²) in [5.41, 5.74) is -0.853. The molecule has 5 rings (SSSR count). The quantitative estimate of drug-likeness (QED) is 0.379. The molecule has 0 spiro atoms. The summed E-state index contributed by atoms with van der Waals surface area (Å²) < 4.78 is 75.9. The van der Waals surface area contributed by atoms with Gasteiger partial charge < -0.3 is 9.64 Å². The van der Waals surface area contributed by atoms with E-state index in [1.807, 2.05) is 9.62 Å². The average Bonchev–Trinajstić information content (AvgIpc) is 2.90. The third-order valence-electron chi connectivity index (χ3n) is 5.80. The number of fused-ring (bicyclic) bond motifs is 1. The molecular weight excluding hydrogens is 509 g/mol. The van der Waals surface area contributed by atoms with Crippen LogP contribution in [0.3, 0.4) is 0 Å². The van der Waals surface area contributed by atoms with Gasteiger partial charge in [-0.2, -0.15) is 0 Å². The van der Waals surface area contributed by atoms with Crippen LogP contribution in [0.25, 0.3) is 11.0 Å². The molecule has 0 radical (unpaired) electrons. The van der Waals surface area contributed by atoms with Gasteiger partial charge in [0.2, 0.25) is 0 Å². The molecule has 1 aliphatic rings. The van der Waals surface area contributed by atoms with Gasteiger partial charge in [0.1, 0.15) is 17.5 Å². The van der Waals surface area contributed by atoms with Gasteiger partial charge in [-0.3, -0.25) is 14.5 Å². The lowest BCUT2D eigenvalue weighted by atomic mass is 10.0. The Bertz CT molecular complexity index is 1630. The summed E-state index contributed by atoms with van der Waals surface area (Å²) in [6, 6.07) is 9.94. The number of carbonyl (C=O) groups is 1. The lowest BCUT2D eigenvalue weighted by Crippen LogP contribution is -2.36. The minimum atomic E-state index is -4.42. The Morgan fingerprint density at radius 2 is 1.76 bits per heavy atom. The Balaban J connectivity index is 1.48. The van der Waals surface area contributed by atoms with Crippen LogP contribution >= 0.6 is 0 Å². The summed E-state index contributed by atoms with van der Waals surface area (Å²) >= 11 is 0. The van der Waals surface area contributed by atoms with Crippen molar-refractivity contribution in [2.24, 2.45) is 0 Å². The van der Waals surface area contributed by atoms with Crippen molar-refractivity contribution < 1.29 is 31.1 Å². The number of ketones is 1. The van der Waals surface area contributed by atoms with Gasteiger partial charge in [-0.15, -0.1) is 0 Å². The van der Waals surface area contributed by atoms with Crippen LogP contribution in [0.5, 0.6) is 0 Å². The van der Waals surface area contributed by atoms with Crippen molar-refractivity contribution in [3.05, 3.63) is 89.4 Å². The van der Waals surface area contributed by atoms with Crippen molar-refractivity contribution in [3.63, 3.8) is 0 Å². The first-order chi connectivity index (χ1) is 17.7. The van der Waals surface area contributed by atoms with Gasteiger partial charge in [0.05, 0.1) is 46.6 Å². The van der Waals surface area contributed by atoms with E-state index >= 15 is 4.39 Å². The molecule has 190 valence electrons. The van der Waals surface area contributed by atoms with Gasteiger partial charge in [0.15, 0.2) is 11.6 Å². The molecule has 1 aliphatic heterocycles. The maximum absolute atomic E-state index is 15.3. The summed E-state index contributed by atoms with van der Waals surface area (Å²) in [4.78, 5) is 23.6. The number of carbonyl (C=O) groups excluding carboxylic acids is 1. The Hall–Kier alpha value is -4.03. The van der Waals surface area contributed by atoms with Crippen molar-refractivity contribution in [2.75, 3.05) is 35.9 Å². The van der Waals surface area contributed by atoms with Gasteiger partial charge in [-0.25, -0.2) is 26.6 Å². The number of hydrogen-bond donors (Lipinski definition) is 1. The molecule has 1 aromatic heterocycles. The summed E-state index contributed by atoms with van der Waals surface area (Å²) in [5, 5.41) is 0. The van der Waals surface area contributed by atoms with Gasteiger partial charge in [0, 0.05) is 18.7 Å². The first-order valence-corrected chi connectivity index (χ1v) is 12.6. The van der Waals surface area contributed by atoms with Crippen LogP contribution in [0.1, 0.15) is 15.9 Å². The van der Waals surface area contributed by atoms with Crippen LogP contribution in [0.2, 0.25) is 0 Å². The standard InChI is InChI=1S/C25H19F3N4O4S/c26-16-2-1-3-17(13-16)37(34,35)31-20-7-5-18(27)23(24(20)28)25(33)15-4-6-19-21(12-15)30-22(14-29-19)32-8-10-36-11-9-32/h1-7,12-14,31H,8-11H2. The monoisotopic (exact) mass is 528 g/mol. The van der Waals surface area contributed by atoms with Crippen LogP contribution in [0.4, 0.5) is 24.7 Å². The van der Waals surface area contributed by atoms with Crippen molar-refractivity contribution >= 4 is 38.3 Å². The van der Waals surface area contributed by atoms with Crippen molar-refractivity contribution in [1.82, 2.24) is 9.97 Å². The molecule has 0 saturated carbocycles. The Morgan fingerprint density at radius 1 is 0.973 bits per heavy atom. The molecule has 0 atom stereocenters. The van der Waals surface area contributed by atoms with Crippen molar-refractivity contribution in [1.29, 1.82) is 0 Å². The molecule has 12 heteroatoms. The maximum atomic E-state index is 15.3. The normalized spacial score (nSPS) is 14.1. The molecule has 1 saturated heterocycles. The zero-order valence-corrected chi connectivity index (χ0v) is 19.9. The lowest BCUT2D eigenvalue weighted by Gasteiger charge is -2.27. The van der Waals surface area contributed by atoms with E-state index in [4.69, 9.17) is 4.74 Å². The fraction of sp³-hybridized carbons (Fsp3) is 0.160. The second-order valence-corrected chi connectivity index (χ2v) is 9.89. The van der Waals surface area contributed by atoms with Crippen molar-refractivity contribution in [3.8, 4) is 0 Å². The number of nitrogens with one attached hydrogen (secondary N) is 1.